The Morgan fingerprint density at radius 3 is 2.37 bits per heavy atom. The number of ether oxygens (including phenoxy) is 1. The number of anilines is 1. The SMILES string of the molecule is O=C(Oc1ccc2c(c1)CCC2)N(Nc1ccccc1)S(=O)(=O)c1ccc(Cl)cc1. The number of fused-ring (bicyclic) bond motifs is 1. The predicted octanol–water partition coefficient (Wildman–Crippen LogP) is 5.05. The normalized spacial score (nSPS) is 12.8. The lowest BCUT2D eigenvalue weighted by atomic mass is 10.1. The first-order chi connectivity index (χ1) is 14.4. The molecule has 1 aliphatic carbocycles. The molecule has 0 heterocycles. The standard InChI is InChI=1S/C22H19ClN2O4S/c23-18-10-13-21(14-11-18)30(27,28)25(24-19-7-2-1-3-8-19)22(26)29-20-12-9-16-5-4-6-17(16)15-20/h1-3,7-15,24H,4-6H2. The number of rotatable bonds is 5. The number of hydrogen-bond donors (Lipinski definition) is 1. The van der Waals surface area contributed by atoms with Gasteiger partial charge in [0.15, 0.2) is 0 Å². The third-order valence-corrected chi connectivity index (χ3v) is 6.64. The van der Waals surface area contributed by atoms with Gasteiger partial charge in [-0.1, -0.05) is 35.9 Å². The molecule has 1 N–H and O–H groups in total. The van der Waals surface area contributed by atoms with E-state index < -0.39 is 16.1 Å². The smallest absolute Gasteiger partial charge is 0.408 e. The van der Waals surface area contributed by atoms with E-state index in [1.165, 1.54) is 29.8 Å². The molecule has 1 aliphatic rings. The van der Waals surface area contributed by atoms with Gasteiger partial charge in [0.25, 0.3) is 10.0 Å². The minimum atomic E-state index is -4.26. The Balaban J connectivity index is 1.65. The van der Waals surface area contributed by atoms with Gasteiger partial charge in [-0.3, -0.25) is 5.43 Å². The third kappa shape index (κ3) is 4.27. The topological polar surface area (TPSA) is 75.7 Å². The van der Waals surface area contributed by atoms with Crippen LogP contribution in [0.4, 0.5) is 10.5 Å². The van der Waals surface area contributed by atoms with Crippen molar-refractivity contribution in [2.45, 2.75) is 24.2 Å². The number of nitrogens with zero attached hydrogens (tertiary/aromatic N) is 1. The van der Waals surface area contributed by atoms with Crippen molar-refractivity contribution in [3.05, 3.63) is 88.9 Å². The highest BCUT2D eigenvalue weighted by Gasteiger charge is 2.32. The highest BCUT2D eigenvalue weighted by Crippen LogP contribution is 2.27. The molecule has 3 aromatic carbocycles. The average Bonchev–Trinajstić information content (AvgIpc) is 3.21. The number of benzene rings is 3. The van der Waals surface area contributed by atoms with E-state index >= 15 is 0 Å². The van der Waals surface area contributed by atoms with Gasteiger partial charge < -0.3 is 4.74 Å². The molecular formula is C22H19ClN2O4S. The zero-order valence-electron chi connectivity index (χ0n) is 15.9. The van der Waals surface area contributed by atoms with E-state index in [9.17, 15) is 13.2 Å². The average molecular weight is 443 g/mol. The van der Waals surface area contributed by atoms with E-state index in [0.29, 0.717) is 20.9 Å². The van der Waals surface area contributed by atoms with Gasteiger partial charge in [-0.15, -0.1) is 4.41 Å². The van der Waals surface area contributed by atoms with Crippen LogP contribution in [0.1, 0.15) is 17.5 Å². The summed E-state index contributed by atoms with van der Waals surface area (Å²) in [5.74, 6) is 0.298. The molecule has 3 aromatic rings. The molecule has 0 saturated heterocycles. The van der Waals surface area contributed by atoms with Gasteiger partial charge in [0.05, 0.1) is 10.6 Å². The maximum absolute atomic E-state index is 13.2. The van der Waals surface area contributed by atoms with Gasteiger partial charge in [-0.05, 0) is 78.9 Å². The van der Waals surface area contributed by atoms with Crippen molar-refractivity contribution in [3.63, 3.8) is 0 Å². The van der Waals surface area contributed by atoms with E-state index in [1.54, 1.807) is 42.5 Å². The van der Waals surface area contributed by atoms with E-state index in [1.807, 2.05) is 6.07 Å². The van der Waals surface area contributed by atoms with Crippen LogP contribution >= 0.6 is 11.6 Å². The Kier molecular flexibility index (Phi) is 5.65. The van der Waals surface area contributed by atoms with E-state index in [-0.39, 0.29) is 4.90 Å². The maximum atomic E-state index is 13.2. The van der Waals surface area contributed by atoms with Crippen molar-refractivity contribution >= 4 is 33.4 Å². The van der Waals surface area contributed by atoms with Crippen LogP contribution in [0.2, 0.25) is 5.02 Å². The zero-order valence-corrected chi connectivity index (χ0v) is 17.5. The molecule has 4 rings (SSSR count). The largest absolute Gasteiger partial charge is 0.449 e. The molecule has 0 aromatic heterocycles. The molecule has 0 radical (unpaired) electrons. The van der Waals surface area contributed by atoms with Crippen LogP contribution in [-0.4, -0.2) is 18.9 Å². The summed E-state index contributed by atoms with van der Waals surface area (Å²) in [7, 11) is -4.26. The second-order valence-corrected chi connectivity index (χ2v) is 9.08. The van der Waals surface area contributed by atoms with Crippen molar-refractivity contribution in [1.29, 1.82) is 0 Å². The van der Waals surface area contributed by atoms with Crippen LogP contribution in [0.5, 0.6) is 5.75 Å². The summed E-state index contributed by atoms with van der Waals surface area (Å²) in [6.07, 6.45) is 1.90. The minimum absolute atomic E-state index is 0.0961. The Bertz CT molecular complexity index is 1170. The summed E-state index contributed by atoms with van der Waals surface area (Å²) in [5.41, 5.74) is 5.40. The number of aryl methyl sites for hydroxylation is 2. The summed E-state index contributed by atoms with van der Waals surface area (Å²) < 4.78 is 32.3. The molecule has 6 nitrogen and oxygen atoms in total. The molecule has 0 aliphatic heterocycles. The number of carbonyl (C=O) groups is 1. The Morgan fingerprint density at radius 2 is 1.63 bits per heavy atom. The number of sulfonamides is 1. The summed E-state index contributed by atoms with van der Waals surface area (Å²) in [6.45, 7) is 0. The van der Waals surface area contributed by atoms with Crippen LogP contribution in [0.15, 0.2) is 77.7 Å². The number of hydrazine groups is 1. The predicted molar refractivity (Wildman–Crippen MR) is 115 cm³/mol. The van der Waals surface area contributed by atoms with Crippen LogP contribution < -0.4 is 10.2 Å². The number of halogens is 1. The Labute approximate surface area is 180 Å². The molecule has 0 atom stereocenters. The second kappa shape index (κ2) is 8.38. The van der Waals surface area contributed by atoms with Crippen molar-refractivity contribution in [1.82, 2.24) is 4.41 Å². The van der Waals surface area contributed by atoms with Gasteiger partial charge in [-0.25, -0.2) is 4.79 Å². The fraction of sp³-hybridized carbons (Fsp3) is 0.136. The van der Waals surface area contributed by atoms with E-state index in [4.69, 9.17) is 16.3 Å². The first-order valence-electron chi connectivity index (χ1n) is 9.40. The third-order valence-electron chi connectivity index (χ3n) is 4.80. The lowest BCUT2D eigenvalue weighted by Crippen LogP contribution is -2.43. The molecule has 0 unspecified atom stereocenters. The fourth-order valence-electron chi connectivity index (χ4n) is 3.30. The molecule has 30 heavy (non-hydrogen) atoms. The first kappa shape index (κ1) is 20.3. The quantitative estimate of drug-likeness (QED) is 0.560. The molecule has 8 heteroatoms. The fourth-order valence-corrected chi connectivity index (χ4v) is 4.58. The first-order valence-corrected chi connectivity index (χ1v) is 11.2. The number of hydrogen-bond acceptors (Lipinski definition) is 5. The zero-order chi connectivity index (χ0) is 21.1. The van der Waals surface area contributed by atoms with Crippen molar-refractivity contribution < 1.29 is 17.9 Å². The van der Waals surface area contributed by atoms with Crippen LogP contribution in [0.3, 0.4) is 0 Å². The summed E-state index contributed by atoms with van der Waals surface area (Å²) >= 11 is 5.87. The van der Waals surface area contributed by atoms with Crippen molar-refractivity contribution in [2.75, 3.05) is 5.43 Å². The van der Waals surface area contributed by atoms with Gasteiger partial charge in [-0.2, -0.15) is 8.42 Å². The Morgan fingerprint density at radius 1 is 0.933 bits per heavy atom. The summed E-state index contributed by atoms with van der Waals surface area (Å²) in [6, 6.07) is 19.5. The van der Waals surface area contributed by atoms with Gasteiger partial charge in [0.1, 0.15) is 5.75 Å². The molecule has 0 saturated carbocycles. The second-order valence-electron chi connectivity index (χ2n) is 6.85. The van der Waals surface area contributed by atoms with Gasteiger partial charge in [0.2, 0.25) is 0 Å². The lowest BCUT2D eigenvalue weighted by molar-refractivity contribution is 0.184. The number of nitrogens with one attached hydrogen (secondary N) is 1. The summed E-state index contributed by atoms with van der Waals surface area (Å²) in [5, 5.41) is 0.386. The van der Waals surface area contributed by atoms with E-state index in [2.05, 4.69) is 5.43 Å². The highest BCUT2D eigenvalue weighted by atomic mass is 35.5. The molecule has 1 amide bonds. The van der Waals surface area contributed by atoms with Gasteiger partial charge in [0, 0.05) is 5.02 Å². The van der Waals surface area contributed by atoms with Crippen LogP contribution in [-0.2, 0) is 22.9 Å². The molecule has 0 bridgehead atoms. The summed E-state index contributed by atoms with van der Waals surface area (Å²) in [4.78, 5) is 12.8. The number of para-hydroxylation sites is 1. The minimum Gasteiger partial charge on any atom is -0.408 e. The maximum Gasteiger partial charge on any atom is 0.449 e. The molecule has 154 valence electrons. The van der Waals surface area contributed by atoms with Crippen LogP contribution in [0, 0.1) is 0 Å². The van der Waals surface area contributed by atoms with Gasteiger partial charge >= 0.3 is 6.09 Å². The van der Waals surface area contributed by atoms with Crippen molar-refractivity contribution in [2.24, 2.45) is 0 Å². The molecular weight excluding hydrogens is 424 g/mol. The monoisotopic (exact) mass is 442 g/mol. The number of amides is 1. The molecule has 0 fully saturated rings. The Hall–Kier alpha value is -3.03. The van der Waals surface area contributed by atoms with E-state index in [0.717, 1.165) is 24.8 Å². The van der Waals surface area contributed by atoms with Crippen LogP contribution in [0.25, 0.3) is 0 Å². The van der Waals surface area contributed by atoms with Crippen molar-refractivity contribution in [3.8, 4) is 5.75 Å². The number of carbonyl (C=O) groups excluding carboxylic acids is 1. The highest BCUT2D eigenvalue weighted by molar-refractivity contribution is 7.89. The molecule has 0 spiro atoms. The lowest BCUT2D eigenvalue weighted by Gasteiger charge is -2.23.